The lowest BCUT2D eigenvalue weighted by Crippen LogP contribution is -2.46. The lowest BCUT2D eigenvalue weighted by atomic mass is 10.2. The van der Waals surface area contributed by atoms with Crippen molar-refractivity contribution in [2.45, 2.75) is 20.3 Å². The first-order valence-corrected chi connectivity index (χ1v) is 7.95. The van der Waals surface area contributed by atoms with Crippen LogP contribution in [0.4, 0.5) is 0 Å². The van der Waals surface area contributed by atoms with Crippen molar-refractivity contribution in [1.29, 1.82) is 0 Å². The summed E-state index contributed by atoms with van der Waals surface area (Å²) in [7, 11) is 0. The smallest absolute Gasteiger partial charge is 0.264 e. The summed E-state index contributed by atoms with van der Waals surface area (Å²) in [4.78, 5) is 35.1. The summed E-state index contributed by atoms with van der Waals surface area (Å²) in [5, 5.41) is 3.78. The van der Waals surface area contributed by atoms with E-state index >= 15 is 0 Å². The van der Waals surface area contributed by atoms with Crippen LogP contribution in [-0.4, -0.2) is 47.0 Å². The van der Waals surface area contributed by atoms with Gasteiger partial charge >= 0.3 is 0 Å². The number of amides is 1. The van der Waals surface area contributed by atoms with E-state index in [1.165, 1.54) is 11.3 Å². The Morgan fingerprint density at radius 2 is 2.10 bits per heavy atom. The molecule has 112 valence electrons. The number of piperazine rings is 1. The second kappa shape index (κ2) is 5.57. The maximum atomic E-state index is 12.6. The Bertz CT molecular complexity index is 743. The zero-order valence-corrected chi connectivity index (χ0v) is 13.0. The SMILES string of the molecule is CCc1nc2sc(C(=O)N3CCNCC3)c(C)c2c(=O)[nH]1. The van der Waals surface area contributed by atoms with Gasteiger partial charge in [0.2, 0.25) is 0 Å². The van der Waals surface area contributed by atoms with Crippen LogP contribution in [0.2, 0.25) is 0 Å². The Kier molecular flexibility index (Phi) is 3.77. The summed E-state index contributed by atoms with van der Waals surface area (Å²) >= 11 is 1.33. The fraction of sp³-hybridized carbons (Fsp3) is 0.500. The molecule has 6 nitrogen and oxygen atoms in total. The molecule has 1 amide bonds. The van der Waals surface area contributed by atoms with E-state index in [4.69, 9.17) is 0 Å². The zero-order valence-electron chi connectivity index (χ0n) is 12.2. The number of nitrogens with one attached hydrogen (secondary N) is 2. The van der Waals surface area contributed by atoms with Crippen LogP contribution in [0.15, 0.2) is 4.79 Å². The van der Waals surface area contributed by atoms with Crippen LogP contribution in [0.1, 0.15) is 28.0 Å². The van der Waals surface area contributed by atoms with Crippen LogP contribution in [0, 0.1) is 6.92 Å². The van der Waals surface area contributed by atoms with E-state index in [-0.39, 0.29) is 11.5 Å². The molecule has 2 aromatic heterocycles. The van der Waals surface area contributed by atoms with Crippen molar-refractivity contribution in [2.75, 3.05) is 26.2 Å². The monoisotopic (exact) mass is 306 g/mol. The number of hydrogen-bond donors (Lipinski definition) is 2. The predicted octanol–water partition coefficient (Wildman–Crippen LogP) is 0.901. The fourth-order valence-corrected chi connectivity index (χ4v) is 3.74. The van der Waals surface area contributed by atoms with Crippen molar-refractivity contribution in [3.05, 3.63) is 26.6 Å². The Morgan fingerprint density at radius 3 is 2.76 bits per heavy atom. The maximum Gasteiger partial charge on any atom is 0.264 e. The van der Waals surface area contributed by atoms with Crippen molar-refractivity contribution in [2.24, 2.45) is 0 Å². The van der Waals surface area contributed by atoms with E-state index in [2.05, 4.69) is 15.3 Å². The van der Waals surface area contributed by atoms with Gasteiger partial charge in [-0.15, -0.1) is 11.3 Å². The van der Waals surface area contributed by atoms with Gasteiger partial charge in [-0.25, -0.2) is 4.98 Å². The Labute approximate surface area is 126 Å². The van der Waals surface area contributed by atoms with Crippen LogP contribution < -0.4 is 10.9 Å². The number of carbonyl (C=O) groups is 1. The highest BCUT2D eigenvalue weighted by Crippen LogP contribution is 2.28. The molecule has 1 fully saturated rings. The number of fused-ring (bicyclic) bond motifs is 1. The van der Waals surface area contributed by atoms with E-state index in [9.17, 15) is 9.59 Å². The summed E-state index contributed by atoms with van der Waals surface area (Å²) in [6.45, 7) is 6.81. The average Bonchev–Trinajstić information content (AvgIpc) is 2.84. The zero-order chi connectivity index (χ0) is 15.0. The van der Waals surface area contributed by atoms with Gasteiger partial charge in [0.25, 0.3) is 11.5 Å². The molecule has 0 bridgehead atoms. The Hall–Kier alpha value is -1.73. The van der Waals surface area contributed by atoms with Gasteiger partial charge in [0.15, 0.2) is 0 Å². The summed E-state index contributed by atoms with van der Waals surface area (Å²) in [6.07, 6.45) is 0.670. The van der Waals surface area contributed by atoms with Gasteiger partial charge in [0, 0.05) is 32.6 Å². The maximum absolute atomic E-state index is 12.6. The molecular weight excluding hydrogens is 288 g/mol. The molecule has 2 N–H and O–H groups in total. The van der Waals surface area contributed by atoms with Crippen molar-refractivity contribution < 1.29 is 4.79 Å². The molecule has 7 heteroatoms. The van der Waals surface area contributed by atoms with E-state index in [1.54, 1.807) is 0 Å². The van der Waals surface area contributed by atoms with Crippen molar-refractivity contribution in [3.63, 3.8) is 0 Å². The highest BCUT2D eigenvalue weighted by molar-refractivity contribution is 7.20. The molecule has 21 heavy (non-hydrogen) atoms. The van der Waals surface area contributed by atoms with Gasteiger partial charge in [-0.3, -0.25) is 9.59 Å². The standard InChI is InChI=1S/C14H18N4O2S/c1-3-9-16-12(19)10-8(2)11(21-13(10)17-9)14(20)18-6-4-15-5-7-18/h15H,3-7H2,1-2H3,(H,16,17,19). The highest BCUT2D eigenvalue weighted by atomic mass is 32.1. The molecule has 2 aromatic rings. The first-order valence-electron chi connectivity index (χ1n) is 7.14. The molecule has 0 radical (unpaired) electrons. The lowest BCUT2D eigenvalue weighted by molar-refractivity contribution is 0.0740. The van der Waals surface area contributed by atoms with Crippen LogP contribution in [0.3, 0.4) is 0 Å². The van der Waals surface area contributed by atoms with Gasteiger partial charge < -0.3 is 15.2 Å². The normalized spacial score (nSPS) is 15.6. The summed E-state index contributed by atoms with van der Waals surface area (Å²) in [6, 6.07) is 0. The van der Waals surface area contributed by atoms with Gasteiger partial charge in [-0.05, 0) is 12.5 Å². The fourth-order valence-electron chi connectivity index (χ4n) is 2.57. The van der Waals surface area contributed by atoms with Gasteiger partial charge in [0.05, 0.1) is 10.3 Å². The molecule has 0 spiro atoms. The molecule has 1 saturated heterocycles. The second-order valence-corrected chi connectivity index (χ2v) is 6.14. The van der Waals surface area contributed by atoms with Gasteiger partial charge in [0.1, 0.15) is 10.7 Å². The number of H-pyrrole nitrogens is 1. The molecule has 3 rings (SSSR count). The molecule has 0 aliphatic carbocycles. The lowest BCUT2D eigenvalue weighted by Gasteiger charge is -2.27. The Balaban J connectivity index is 2.07. The highest BCUT2D eigenvalue weighted by Gasteiger charge is 2.24. The predicted molar refractivity (Wildman–Crippen MR) is 83.1 cm³/mol. The molecular formula is C14H18N4O2S. The molecule has 0 saturated carbocycles. The minimum atomic E-state index is -0.148. The van der Waals surface area contributed by atoms with Gasteiger partial charge in [-0.1, -0.05) is 6.92 Å². The summed E-state index contributed by atoms with van der Waals surface area (Å²) in [5.41, 5.74) is 0.597. The largest absolute Gasteiger partial charge is 0.335 e. The summed E-state index contributed by atoms with van der Waals surface area (Å²) in [5.74, 6) is 0.671. The molecule has 0 atom stereocenters. The number of aromatic nitrogens is 2. The van der Waals surface area contributed by atoms with E-state index in [0.29, 0.717) is 40.4 Å². The number of nitrogens with zero attached hydrogens (tertiary/aromatic N) is 2. The third-order valence-electron chi connectivity index (χ3n) is 3.78. The van der Waals surface area contributed by atoms with Crippen LogP contribution >= 0.6 is 11.3 Å². The molecule has 0 unspecified atom stereocenters. The van der Waals surface area contributed by atoms with Crippen LogP contribution in [0.25, 0.3) is 10.2 Å². The first kappa shape index (κ1) is 14.2. The van der Waals surface area contributed by atoms with E-state index < -0.39 is 0 Å². The van der Waals surface area contributed by atoms with Gasteiger partial charge in [-0.2, -0.15) is 0 Å². The van der Waals surface area contributed by atoms with Crippen LogP contribution in [-0.2, 0) is 6.42 Å². The van der Waals surface area contributed by atoms with Crippen molar-refractivity contribution in [3.8, 4) is 0 Å². The minimum absolute atomic E-state index is 0.00875. The molecule has 0 aromatic carbocycles. The number of hydrogen-bond acceptors (Lipinski definition) is 5. The third kappa shape index (κ3) is 2.47. The topological polar surface area (TPSA) is 78.1 Å². The molecule has 1 aliphatic rings. The number of aromatic amines is 1. The van der Waals surface area contributed by atoms with E-state index in [1.807, 2.05) is 18.7 Å². The quantitative estimate of drug-likeness (QED) is 0.864. The molecule has 1 aliphatic heterocycles. The number of rotatable bonds is 2. The summed E-state index contributed by atoms with van der Waals surface area (Å²) < 4.78 is 0. The number of thiophene rings is 1. The minimum Gasteiger partial charge on any atom is -0.335 e. The average molecular weight is 306 g/mol. The third-order valence-corrected chi connectivity index (χ3v) is 4.96. The van der Waals surface area contributed by atoms with Crippen molar-refractivity contribution >= 4 is 27.5 Å². The number of carbonyl (C=O) groups excluding carboxylic acids is 1. The van der Waals surface area contributed by atoms with Crippen LogP contribution in [0.5, 0.6) is 0 Å². The Morgan fingerprint density at radius 1 is 1.38 bits per heavy atom. The van der Waals surface area contributed by atoms with E-state index in [0.717, 1.165) is 18.7 Å². The first-order chi connectivity index (χ1) is 10.1. The number of aryl methyl sites for hydroxylation is 2. The second-order valence-electron chi connectivity index (χ2n) is 5.14. The molecule has 3 heterocycles. The van der Waals surface area contributed by atoms with Crippen molar-refractivity contribution in [1.82, 2.24) is 20.2 Å².